The lowest BCUT2D eigenvalue weighted by Gasteiger charge is -2.41. The summed E-state index contributed by atoms with van der Waals surface area (Å²) in [4.78, 5) is 26.7. The molecule has 8 unspecified atom stereocenters. The molecule has 0 aliphatic carbocycles. The van der Waals surface area contributed by atoms with E-state index in [9.17, 15) is 35.1 Å². The minimum atomic E-state index is -1.62. The molecule has 85 heavy (non-hydrogen) atoms. The standard InChI is InChI=1S/C74H135NO10/c1-4-7-10-13-16-19-22-25-27-29-31-32-33-34-35-36-37-39-41-44-47-50-53-56-59-62-69(79)85-72-71(81)70(80)68(63-76)84-74(72)83-64-65(66(77)60-57-54-51-48-45-42-24-21-18-15-12-9-6-3)75-73(82)67(78)61-58-55-52-49-46-43-40-38-30-28-26-23-20-17-14-11-8-5-2/h17,20,25-28,38,40,57,60,65-68,70-72,74,76-78,80-81H,4-16,18-19,21-24,29-37,39,41-56,58-59,61-64H2,1-3H3,(H,75,82)/b20-17-,27-25+,28-26-,40-38-,60-57+. The van der Waals surface area contributed by atoms with Crippen molar-refractivity contribution >= 4 is 11.9 Å². The van der Waals surface area contributed by atoms with Gasteiger partial charge < -0.3 is 45.1 Å². The van der Waals surface area contributed by atoms with E-state index in [-0.39, 0.29) is 19.4 Å². The molecule has 1 saturated heterocycles. The van der Waals surface area contributed by atoms with E-state index >= 15 is 0 Å². The second-order valence-electron chi connectivity index (χ2n) is 25.0. The van der Waals surface area contributed by atoms with Gasteiger partial charge in [-0.15, -0.1) is 0 Å². The lowest BCUT2D eigenvalue weighted by atomic mass is 9.99. The maximum atomic E-state index is 13.5. The lowest BCUT2D eigenvalue weighted by Crippen LogP contribution is -2.61. The van der Waals surface area contributed by atoms with Gasteiger partial charge in [0.15, 0.2) is 12.4 Å². The number of allylic oxidation sites excluding steroid dienone is 9. The Hall–Kier alpha value is -2.64. The number of carbonyl (C=O) groups is 2. The van der Waals surface area contributed by atoms with Gasteiger partial charge in [-0.05, 0) is 89.9 Å². The van der Waals surface area contributed by atoms with E-state index in [1.165, 1.54) is 205 Å². The van der Waals surface area contributed by atoms with Crippen molar-refractivity contribution < 1.29 is 49.3 Å². The first-order valence-corrected chi connectivity index (χ1v) is 36.1. The zero-order valence-electron chi connectivity index (χ0n) is 55.2. The summed E-state index contributed by atoms with van der Waals surface area (Å²) in [5.74, 6) is -1.20. The van der Waals surface area contributed by atoms with Crippen LogP contribution in [0.4, 0.5) is 0 Å². The number of esters is 1. The van der Waals surface area contributed by atoms with Crippen LogP contribution in [-0.2, 0) is 23.8 Å². The summed E-state index contributed by atoms with van der Waals surface area (Å²) in [6, 6.07) is -1.03. The van der Waals surface area contributed by atoms with Crippen molar-refractivity contribution in [3.05, 3.63) is 60.8 Å². The van der Waals surface area contributed by atoms with Crippen molar-refractivity contribution in [3.63, 3.8) is 0 Å². The molecule has 496 valence electrons. The molecule has 11 heteroatoms. The minimum Gasteiger partial charge on any atom is -0.454 e. The van der Waals surface area contributed by atoms with Gasteiger partial charge in [0.05, 0.1) is 25.4 Å². The van der Waals surface area contributed by atoms with Gasteiger partial charge >= 0.3 is 5.97 Å². The Balaban J connectivity index is 2.58. The van der Waals surface area contributed by atoms with Crippen LogP contribution in [0.2, 0.25) is 0 Å². The molecule has 1 fully saturated rings. The summed E-state index contributed by atoms with van der Waals surface area (Å²) in [7, 11) is 0. The highest BCUT2D eigenvalue weighted by Gasteiger charge is 2.47. The molecule has 1 heterocycles. The van der Waals surface area contributed by atoms with Crippen LogP contribution in [0.3, 0.4) is 0 Å². The van der Waals surface area contributed by atoms with Gasteiger partial charge in [-0.25, -0.2) is 0 Å². The number of aliphatic hydroxyl groups excluding tert-OH is 5. The summed E-state index contributed by atoms with van der Waals surface area (Å²) < 4.78 is 17.7. The molecule has 0 spiro atoms. The summed E-state index contributed by atoms with van der Waals surface area (Å²) in [5, 5.41) is 57.2. The van der Waals surface area contributed by atoms with Crippen molar-refractivity contribution in [2.45, 2.75) is 384 Å². The van der Waals surface area contributed by atoms with Crippen LogP contribution in [0.1, 0.15) is 335 Å². The number of aliphatic hydroxyl groups is 5. The van der Waals surface area contributed by atoms with Gasteiger partial charge in [-0.3, -0.25) is 9.59 Å². The van der Waals surface area contributed by atoms with Crippen LogP contribution >= 0.6 is 0 Å². The maximum absolute atomic E-state index is 13.5. The highest BCUT2D eigenvalue weighted by Crippen LogP contribution is 2.26. The third-order valence-corrected chi connectivity index (χ3v) is 16.9. The number of hydrogen-bond donors (Lipinski definition) is 6. The zero-order valence-corrected chi connectivity index (χ0v) is 55.2. The molecule has 1 rings (SSSR count). The van der Waals surface area contributed by atoms with E-state index in [2.05, 4.69) is 74.7 Å². The first kappa shape index (κ1) is 80.4. The number of hydrogen-bond acceptors (Lipinski definition) is 10. The van der Waals surface area contributed by atoms with Crippen LogP contribution in [0.25, 0.3) is 0 Å². The normalized spacial score (nSPS) is 18.7. The summed E-state index contributed by atoms with van der Waals surface area (Å²) >= 11 is 0. The van der Waals surface area contributed by atoms with Crippen LogP contribution < -0.4 is 5.32 Å². The van der Waals surface area contributed by atoms with Crippen LogP contribution in [0, 0.1) is 0 Å². The molecule has 0 aromatic carbocycles. The second-order valence-corrected chi connectivity index (χ2v) is 25.0. The van der Waals surface area contributed by atoms with Crippen LogP contribution in [0.15, 0.2) is 60.8 Å². The van der Waals surface area contributed by atoms with Crippen molar-refractivity contribution in [2.75, 3.05) is 13.2 Å². The van der Waals surface area contributed by atoms with E-state index < -0.39 is 67.4 Å². The van der Waals surface area contributed by atoms with Gasteiger partial charge in [0, 0.05) is 6.42 Å². The van der Waals surface area contributed by atoms with Crippen molar-refractivity contribution in [2.24, 2.45) is 0 Å². The summed E-state index contributed by atoms with van der Waals surface area (Å²) in [5.41, 5.74) is 0. The molecule has 1 aliphatic rings. The molecule has 0 aromatic heterocycles. The average molecular weight is 1200 g/mol. The third kappa shape index (κ3) is 48.9. The fraction of sp³-hybridized carbons (Fsp3) is 0.838. The molecule has 0 aromatic rings. The van der Waals surface area contributed by atoms with E-state index in [0.717, 1.165) is 83.5 Å². The molecule has 6 N–H and O–H groups in total. The average Bonchev–Trinajstić information content (AvgIpc) is 3.21. The quantitative estimate of drug-likeness (QED) is 0.0195. The molecule has 0 radical (unpaired) electrons. The number of carbonyl (C=O) groups excluding carboxylic acids is 2. The maximum Gasteiger partial charge on any atom is 0.306 e. The van der Waals surface area contributed by atoms with E-state index in [4.69, 9.17) is 14.2 Å². The SMILES string of the molecule is CCCCC/C=C\C/C=C\C/C=C\CCCCCCCC(O)C(=O)NC(COC1OC(CO)C(O)C(O)C1OC(=O)CCCCCCCCCCCCCCCCC/C=C/CCCCCCCC)C(O)/C=C/CCCCCCCCCCCCC. The largest absolute Gasteiger partial charge is 0.454 e. The molecule has 1 amide bonds. The summed E-state index contributed by atoms with van der Waals surface area (Å²) in [6.07, 6.45) is 68.3. The first-order valence-electron chi connectivity index (χ1n) is 36.1. The van der Waals surface area contributed by atoms with Crippen molar-refractivity contribution in [3.8, 4) is 0 Å². The highest BCUT2D eigenvalue weighted by atomic mass is 16.7. The Kier molecular flexibility index (Phi) is 58.2. The topological polar surface area (TPSA) is 175 Å². The smallest absolute Gasteiger partial charge is 0.306 e. The fourth-order valence-electron chi connectivity index (χ4n) is 11.2. The number of nitrogens with one attached hydrogen (secondary N) is 1. The first-order chi connectivity index (χ1) is 41.7. The third-order valence-electron chi connectivity index (χ3n) is 16.9. The monoisotopic (exact) mass is 1200 g/mol. The molecule has 8 atom stereocenters. The predicted octanol–water partition coefficient (Wildman–Crippen LogP) is 18.5. The number of amides is 1. The van der Waals surface area contributed by atoms with Crippen molar-refractivity contribution in [1.82, 2.24) is 5.32 Å². The van der Waals surface area contributed by atoms with Gasteiger partial charge in [0.25, 0.3) is 0 Å². The van der Waals surface area contributed by atoms with Gasteiger partial charge in [-0.1, -0.05) is 300 Å². The van der Waals surface area contributed by atoms with Crippen LogP contribution in [-0.4, -0.2) is 99.6 Å². The van der Waals surface area contributed by atoms with E-state index in [1.807, 2.05) is 6.08 Å². The van der Waals surface area contributed by atoms with Crippen LogP contribution in [0.5, 0.6) is 0 Å². The summed E-state index contributed by atoms with van der Waals surface area (Å²) in [6.45, 7) is 5.79. The number of unbranched alkanes of at least 4 members (excludes halogenated alkanes) is 40. The van der Waals surface area contributed by atoms with Gasteiger partial charge in [-0.2, -0.15) is 0 Å². The Morgan fingerprint density at radius 2 is 0.812 bits per heavy atom. The number of ether oxygens (including phenoxy) is 3. The predicted molar refractivity (Wildman–Crippen MR) is 356 cm³/mol. The van der Waals surface area contributed by atoms with Gasteiger partial charge in [0.2, 0.25) is 5.91 Å². The minimum absolute atomic E-state index is 0.123. The number of rotatable bonds is 62. The Morgan fingerprint density at radius 3 is 1.25 bits per heavy atom. The van der Waals surface area contributed by atoms with Gasteiger partial charge in [0.1, 0.15) is 24.4 Å². The van der Waals surface area contributed by atoms with E-state index in [1.54, 1.807) is 6.08 Å². The molecular weight excluding hydrogens is 1060 g/mol. The molecule has 1 aliphatic heterocycles. The molecule has 0 saturated carbocycles. The second kappa shape index (κ2) is 61.6. The zero-order chi connectivity index (χ0) is 61.7. The Bertz CT molecular complexity index is 1620. The fourth-order valence-corrected chi connectivity index (χ4v) is 11.2. The Labute approximate surface area is 522 Å². The Morgan fingerprint density at radius 1 is 0.459 bits per heavy atom. The highest BCUT2D eigenvalue weighted by molar-refractivity contribution is 5.80. The molecular formula is C74H135NO10. The molecule has 0 bridgehead atoms. The van der Waals surface area contributed by atoms with Crippen molar-refractivity contribution in [1.29, 1.82) is 0 Å². The van der Waals surface area contributed by atoms with E-state index in [0.29, 0.717) is 12.8 Å². The molecule has 11 nitrogen and oxygen atoms in total. The lowest BCUT2D eigenvalue weighted by molar-refractivity contribution is -0.305.